The number of nitrogens with zero attached hydrogens (tertiary/aromatic N) is 1. The Kier molecular flexibility index (Phi) is 2.95. The molecule has 18 heavy (non-hydrogen) atoms. The van der Waals surface area contributed by atoms with Gasteiger partial charge in [-0.15, -0.1) is 0 Å². The van der Waals surface area contributed by atoms with Crippen LogP contribution in [0.5, 0.6) is 0 Å². The number of aromatic nitrogens is 1. The SMILES string of the molecule is O=C(O)c1cc2ccccc2n1NS(=O)(=O)CF. The summed E-state index contributed by atoms with van der Waals surface area (Å²) in [7, 11) is -4.21. The van der Waals surface area contributed by atoms with E-state index in [9.17, 15) is 17.6 Å². The number of rotatable bonds is 4. The van der Waals surface area contributed by atoms with Gasteiger partial charge in [-0.3, -0.25) is 0 Å². The summed E-state index contributed by atoms with van der Waals surface area (Å²) in [6.07, 6.45) is 0. The lowest BCUT2D eigenvalue weighted by atomic mass is 10.2. The van der Waals surface area contributed by atoms with E-state index >= 15 is 0 Å². The molecule has 0 unspecified atom stereocenters. The largest absolute Gasteiger partial charge is 0.477 e. The summed E-state index contributed by atoms with van der Waals surface area (Å²) in [4.78, 5) is 12.9. The lowest BCUT2D eigenvalue weighted by molar-refractivity contribution is 0.0688. The first-order valence-electron chi connectivity index (χ1n) is 4.85. The quantitative estimate of drug-likeness (QED) is 0.873. The Balaban J connectivity index is 2.66. The number of carboxylic acids is 1. The van der Waals surface area contributed by atoms with E-state index in [1.54, 1.807) is 18.2 Å². The van der Waals surface area contributed by atoms with Gasteiger partial charge in [0.05, 0.1) is 5.52 Å². The highest BCUT2D eigenvalue weighted by Crippen LogP contribution is 2.19. The summed E-state index contributed by atoms with van der Waals surface area (Å²) >= 11 is 0. The van der Waals surface area contributed by atoms with Crippen molar-refractivity contribution in [1.82, 2.24) is 4.68 Å². The van der Waals surface area contributed by atoms with Crippen molar-refractivity contribution in [2.45, 2.75) is 0 Å². The molecular weight excluding hydrogens is 263 g/mol. The van der Waals surface area contributed by atoms with Crippen molar-refractivity contribution in [2.24, 2.45) is 0 Å². The fourth-order valence-corrected chi connectivity index (χ4v) is 2.10. The van der Waals surface area contributed by atoms with Crippen LogP contribution < -0.4 is 4.83 Å². The van der Waals surface area contributed by atoms with Gasteiger partial charge in [0.25, 0.3) is 10.0 Å². The molecule has 0 saturated carbocycles. The molecule has 0 aliphatic heterocycles. The maximum absolute atomic E-state index is 12.3. The number of hydrogen-bond donors (Lipinski definition) is 2. The van der Waals surface area contributed by atoms with E-state index in [4.69, 9.17) is 5.11 Å². The van der Waals surface area contributed by atoms with Gasteiger partial charge in [-0.25, -0.2) is 27.1 Å². The molecule has 0 bridgehead atoms. The van der Waals surface area contributed by atoms with Crippen LogP contribution in [0, 0.1) is 0 Å². The molecule has 1 aromatic heterocycles. The second-order valence-electron chi connectivity index (χ2n) is 3.54. The number of sulfonamides is 1. The first kappa shape index (κ1) is 12.4. The lowest BCUT2D eigenvalue weighted by Crippen LogP contribution is -2.26. The molecule has 96 valence electrons. The van der Waals surface area contributed by atoms with Gasteiger partial charge in [-0.1, -0.05) is 18.2 Å². The van der Waals surface area contributed by atoms with E-state index in [2.05, 4.69) is 0 Å². The Labute approximate surface area is 102 Å². The molecular formula is C10H9FN2O4S. The molecule has 0 amide bonds. The summed E-state index contributed by atoms with van der Waals surface area (Å²) in [6.45, 7) is 0. The second kappa shape index (κ2) is 4.30. The van der Waals surface area contributed by atoms with Crippen LogP contribution in [0.1, 0.15) is 10.5 Å². The lowest BCUT2D eigenvalue weighted by Gasteiger charge is -2.09. The van der Waals surface area contributed by atoms with Crippen LogP contribution in [0.15, 0.2) is 30.3 Å². The maximum atomic E-state index is 12.3. The van der Waals surface area contributed by atoms with Crippen LogP contribution in [0.3, 0.4) is 0 Å². The van der Waals surface area contributed by atoms with Gasteiger partial charge in [0, 0.05) is 5.39 Å². The second-order valence-corrected chi connectivity index (χ2v) is 5.17. The number of nitrogens with one attached hydrogen (secondary N) is 1. The highest BCUT2D eigenvalue weighted by atomic mass is 32.2. The van der Waals surface area contributed by atoms with Crippen LogP contribution >= 0.6 is 0 Å². The number of benzene rings is 1. The topological polar surface area (TPSA) is 88.4 Å². The van der Waals surface area contributed by atoms with Gasteiger partial charge in [0.2, 0.25) is 6.01 Å². The van der Waals surface area contributed by atoms with Crippen LogP contribution in [-0.4, -0.2) is 30.2 Å². The third kappa shape index (κ3) is 2.14. The first-order chi connectivity index (χ1) is 8.44. The van der Waals surface area contributed by atoms with E-state index in [-0.39, 0.29) is 5.69 Å². The Morgan fingerprint density at radius 1 is 1.39 bits per heavy atom. The average Bonchev–Trinajstić information content (AvgIpc) is 2.68. The number of fused-ring (bicyclic) bond motifs is 1. The van der Waals surface area contributed by atoms with E-state index in [0.29, 0.717) is 10.9 Å². The number of halogens is 1. The molecule has 1 heterocycles. The van der Waals surface area contributed by atoms with E-state index < -0.39 is 22.0 Å². The molecule has 0 fully saturated rings. The molecule has 2 N–H and O–H groups in total. The first-order valence-corrected chi connectivity index (χ1v) is 6.50. The molecule has 0 saturated heterocycles. The van der Waals surface area contributed by atoms with Crippen LogP contribution in [-0.2, 0) is 10.0 Å². The molecule has 0 aliphatic carbocycles. The molecule has 0 spiro atoms. The molecule has 1 aromatic carbocycles. The van der Waals surface area contributed by atoms with Gasteiger partial charge in [-0.05, 0) is 12.1 Å². The normalized spacial score (nSPS) is 11.6. The zero-order chi connectivity index (χ0) is 13.3. The molecule has 6 nitrogen and oxygen atoms in total. The number of aromatic carboxylic acids is 1. The minimum Gasteiger partial charge on any atom is -0.477 e. The van der Waals surface area contributed by atoms with Crippen LogP contribution in [0.4, 0.5) is 4.39 Å². The summed E-state index contributed by atoms with van der Waals surface area (Å²) in [5.74, 6) is -1.31. The summed E-state index contributed by atoms with van der Waals surface area (Å²) in [5, 5.41) is 9.53. The fourth-order valence-electron chi connectivity index (χ4n) is 1.57. The maximum Gasteiger partial charge on any atom is 0.354 e. The van der Waals surface area contributed by atoms with Crippen molar-refractivity contribution in [3.05, 3.63) is 36.0 Å². The van der Waals surface area contributed by atoms with Crippen molar-refractivity contribution in [1.29, 1.82) is 0 Å². The minimum atomic E-state index is -4.21. The summed E-state index contributed by atoms with van der Waals surface area (Å²) in [5.41, 5.74) is 0.0557. The van der Waals surface area contributed by atoms with Crippen molar-refractivity contribution in [2.75, 3.05) is 10.8 Å². The van der Waals surface area contributed by atoms with Gasteiger partial charge in [0.15, 0.2) is 0 Å². The van der Waals surface area contributed by atoms with Crippen molar-refractivity contribution in [3.63, 3.8) is 0 Å². The summed E-state index contributed by atoms with van der Waals surface area (Å²) in [6, 6.07) is 6.14. The van der Waals surface area contributed by atoms with Gasteiger partial charge in [-0.2, -0.15) is 0 Å². The van der Waals surface area contributed by atoms with Gasteiger partial charge < -0.3 is 5.11 Å². The van der Waals surface area contributed by atoms with E-state index in [1.807, 2.05) is 4.83 Å². The average molecular weight is 272 g/mol. The summed E-state index contributed by atoms with van der Waals surface area (Å²) < 4.78 is 35.5. The Morgan fingerprint density at radius 2 is 2.06 bits per heavy atom. The molecule has 0 aliphatic rings. The van der Waals surface area contributed by atoms with Gasteiger partial charge >= 0.3 is 5.97 Å². The van der Waals surface area contributed by atoms with Crippen molar-refractivity contribution >= 4 is 26.9 Å². The highest BCUT2D eigenvalue weighted by molar-refractivity contribution is 7.92. The number of alkyl halides is 1. The van der Waals surface area contributed by atoms with Crippen LogP contribution in [0.25, 0.3) is 10.9 Å². The Bertz CT molecular complexity index is 708. The van der Waals surface area contributed by atoms with Crippen molar-refractivity contribution < 1.29 is 22.7 Å². The zero-order valence-electron chi connectivity index (χ0n) is 9.00. The number of carboxylic acid groups (broad SMARTS) is 1. The predicted molar refractivity (Wildman–Crippen MR) is 63.2 cm³/mol. The molecule has 2 rings (SSSR count). The minimum absolute atomic E-state index is 0.284. The van der Waals surface area contributed by atoms with E-state index in [1.165, 1.54) is 12.1 Å². The number of hydrogen-bond acceptors (Lipinski definition) is 3. The van der Waals surface area contributed by atoms with Crippen molar-refractivity contribution in [3.8, 4) is 0 Å². The highest BCUT2D eigenvalue weighted by Gasteiger charge is 2.18. The number of carbonyl (C=O) groups is 1. The standard InChI is InChI=1S/C10H9FN2O4S/c11-6-18(16,17)12-13-8-4-2-1-3-7(8)5-9(13)10(14)15/h1-5,12H,6H2,(H,14,15). The molecule has 8 heteroatoms. The smallest absolute Gasteiger partial charge is 0.354 e. The van der Waals surface area contributed by atoms with Gasteiger partial charge in [0.1, 0.15) is 5.69 Å². The molecule has 0 atom stereocenters. The Morgan fingerprint density at radius 3 is 2.67 bits per heavy atom. The Hall–Kier alpha value is -2.09. The number of para-hydroxylation sites is 1. The third-order valence-corrected chi connectivity index (χ3v) is 3.05. The predicted octanol–water partition coefficient (Wildman–Crippen LogP) is 1.14. The molecule has 0 radical (unpaired) electrons. The zero-order valence-corrected chi connectivity index (χ0v) is 9.82. The molecule has 2 aromatic rings. The van der Waals surface area contributed by atoms with Crippen LogP contribution in [0.2, 0.25) is 0 Å². The fraction of sp³-hybridized carbons (Fsp3) is 0.100. The monoisotopic (exact) mass is 272 g/mol. The third-order valence-electron chi connectivity index (χ3n) is 2.30. The van der Waals surface area contributed by atoms with E-state index in [0.717, 1.165) is 4.68 Å².